The van der Waals surface area contributed by atoms with E-state index in [1.165, 1.54) is 34.7 Å². The summed E-state index contributed by atoms with van der Waals surface area (Å²) in [6.07, 6.45) is 3.18. The van der Waals surface area contributed by atoms with Crippen LogP contribution >= 0.6 is 11.3 Å². The zero-order valence-electron chi connectivity index (χ0n) is 17.4. The zero-order valence-corrected chi connectivity index (χ0v) is 18.2. The van der Waals surface area contributed by atoms with Gasteiger partial charge in [0, 0.05) is 31.1 Å². The Balaban J connectivity index is 1.21. The van der Waals surface area contributed by atoms with Crippen LogP contribution in [-0.2, 0) is 7.05 Å². The zero-order chi connectivity index (χ0) is 23.1. The lowest BCUT2D eigenvalue weighted by atomic mass is 10.0. The van der Waals surface area contributed by atoms with Crippen LogP contribution < -0.4 is 4.74 Å². The number of nitrogens with zero attached hydrogens (tertiary/aromatic N) is 7. The van der Waals surface area contributed by atoms with Crippen molar-refractivity contribution in [2.45, 2.75) is 18.6 Å². The lowest BCUT2D eigenvalue weighted by Crippen LogP contribution is -2.58. The fourth-order valence-electron chi connectivity index (χ4n) is 3.84. The van der Waals surface area contributed by atoms with E-state index in [2.05, 4.69) is 21.3 Å². The van der Waals surface area contributed by atoms with Crippen molar-refractivity contribution < 1.29 is 18.3 Å². The highest BCUT2D eigenvalue weighted by Crippen LogP contribution is 2.33. The first-order valence-electron chi connectivity index (χ1n) is 10.0. The van der Waals surface area contributed by atoms with E-state index in [0.717, 1.165) is 6.07 Å². The molecule has 33 heavy (non-hydrogen) atoms. The molecule has 4 heterocycles. The van der Waals surface area contributed by atoms with Crippen molar-refractivity contribution in [3.8, 4) is 22.7 Å². The number of hydrogen-bond acceptors (Lipinski definition) is 7. The molecule has 2 amide bonds. The van der Waals surface area contributed by atoms with Gasteiger partial charge < -0.3 is 9.64 Å². The lowest BCUT2D eigenvalue weighted by molar-refractivity contribution is 0.0276. The van der Waals surface area contributed by atoms with Crippen molar-refractivity contribution in [3.63, 3.8) is 0 Å². The van der Waals surface area contributed by atoms with Crippen LogP contribution in [0.25, 0.3) is 11.4 Å². The number of hydrogen-bond donors (Lipinski definition) is 0. The number of carbonyl (C=O) groups is 1. The van der Waals surface area contributed by atoms with E-state index in [1.807, 2.05) is 0 Å². The summed E-state index contributed by atoms with van der Waals surface area (Å²) in [5, 5.41) is 20.9. The molecule has 1 unspecified atom stereocenters. The molecule has 0 radical (unpaired) electrons. The van der Waals surface area contributed by atoms with E-state index >= 15 is 0 Å². The Kier molecular flexibility index (Phi) is 5.26. The monoisotopic (exact) mass is 469 g/mol. The van der Waals surface area contributed by atoms with Gasteiger partial charge in [-0.05, 0) is 17.7 Å². The van der Waals surface area contributed by atoms with Gasteiger partial charge in [0.1, 0.15) is 35.2 Å². The van der Waals surface area contributed by atoms with Crippen molar-refractivity contribution in [1.29, 1.82) is 5.26 Å². The smallest absolute Gasteiger partial charge is 0.341 e. The van der Waals surface area contributed by atoms with Gasteiger partial charge in [0.25, 0.3) is 5.19 Å². The maximum absolute atomic E-state index is 13.6. The first-order valence-corrected chi connectivity index (χ1v) is 10.9. The molecule has 0 bridgehead atoms. The third-order valence-electron chi connectivity index (χ3n) is 5.47. The van der Waals surface area contributed by atoms with Crippen LogP contribution in [-0.4, -0.2) is 56.1 Å². The van der Waals surface area contributed by atoms with Gasteiger partial charge in [0.05, 0.1) is 30.9 Å². The van der Waals surface area contributed by atoms with E-state index in [0.29, 0.717) is 47.2 Å². The van der Waals surface area contributed by atoms with Gasteiger partial charge in [-0.3, -0.25) is 4.68 Å². The number of urea groups is 1. The molecule has 2 aliphatic rings. The van der Waals surface area contributed by atoms with Crippen LogP contribution in [0.2, 0.25) is 0 Å². The number of benzene rings is 1. The molecule has 168 valence electrons. The largest absolute Gasteiger partial charge is 0.463 e. The molecule has 0 aliphatic carbocycles. The highest BCUT2D eigenvalue weighted by molar-refractivity contribution is 7.11. The van der Waals surface area contributed by atoms with Gasteiger partial charge in [0.2, 0.25) is 0 Å². The third-order valence-corrected chi connectivity index (χ3v) is 6.20. The number of thiazole rings is 1. The molecule has 12 heteroatoms. The number of hydrazone groups is 1. The second-order valence-electron chi connectivity index (χ2n) is 7.67. The summed E-state index contributed by atoms with van der Waals surface area (Å²) in [5.41, 5.74) is 1.98. The molecule has 2 aromatic heterocycles. The Bertz CT molecular complexity index is 1270. The van der Waals surface area contributed by atoms with E-state index in [-0.39, 0.29) is 12.1 Å². The summed E-state index contributed by atoms with van der Waals surface area (Å²) >= 11 is 1.30. The predicted octanol–water partition coefficient (Wildman–Crippen LogP) is 3.31. The molecule has 3 aromatic rings. The minimum atomic E-state index is -0.697. The van der Waals surface area contributed by atoms with Crippen molar-refractivity contribution in [1.82, 2.24) is 24.7 Å². The number of carbonyl (C=O) groups excluding carboxylic acids is 1. The summed E-state index contributed by atoms with van der Waals surface area (Å²) in [7, 11) is 1.73. The molecule has 0 N–H and O–H groups in total. The van der Waals surface area contributed by atoms with Gasteiger partial charge >= 0.3 is 6.03 Å². The maximum atomic E-state index is 13.6. The number of rotatable bonds is 4. The third kappa shape index (κ3) is 3.91. The normalized spacial score (nSPS) is 17.8. The summed E-state index contributed by atoms with van der Waals surface area (Å²) in [5.74, 6) is -1.39. The van der Waals surface area contributed by atoms with Crippen molar-refractivity contribution in [2.75, 3.05) is 13.1 Å². The average Bonchev–Trinajstić information content (AvgIpc) is 3.48. The second-order valence-corrected chi connectivity index (χ2v) is 8.49. The average molecular weight is 469 g/mol. The Labute approximate surface area is 191 Å². The van der Waals surface area contributed by atoms with Crippen LogP contribution in [0.15, 0.2) is 34.9 Å². The van der Waals surface area contributed by atoms with Crippen LogP contribution in [0.5, 0.6) is 5.19 Å². The van der Waals surface area contributed by atoms with Crippen molar-refractivity contribution in [3.05, 3.63) is 52.5 Å². The van der Waals surface area contributed by atoms with Gasteiger partial charge in [-0.1, -0.05) is 11.3 Å². The van der Waals surface area contributed by atoms with Crippen molar-refractivity contribution >= 4 is 23.6 Å². The quantitative estimate of drug-likeness (QED) is 0.584. The number of likely N-dealkylation sites (tertiary alicyclic amines) is 1. The summed E-state index contributed by atoms with van der Waals surface area (Å²) < 4.78 is 34.7. The Morgan fingerprint density at radius 3 is 2.76 bits per heavy atom. The first kappa shape index (κ1) is 21.0. The van der Waals surface area contributed by atoms with Crippen molar-refractivity contribution in [2.24, 2.45) is 12.1 Å². The van der Waals surface area contributed by atoms with Gasteiger partial charge in [-0.15, -0.1) is 0 Å². The van der Waals surface area contributed by atoms with E-state index in [1.54, 1.807) is 28.2 Å². The molecule has 5 rings (SSSR count). The standard InChI is InChI=1S/C21H17F2N7O2S/c1-28-19(13(7-24)8-26-28)17-11-33-20(27-17)32-16-9-29(10-16)21(31)30-18(2-3-25-30)12-4-14(22)6-15(23)5-12/h3-6,8,11,16,18H,2,9-10H2,1H3. The van der Waals surface area contributed by atoms with Crippen LogP contribution in [0.4, 0.5) is 13.6 Å². The molecule has 1 fully saturated rings. The van der Waals surface area contributed by atoms with Gasteiger partial charge in [-0.2, -0.15) is 15.5 Å². The van der Waals surface area contributed by atoms with Crippen LogP contribution in [0.3, 0.4) is 0 Å². The molecule has 1 aromatic carbocycles. The summed E-state index contributed by atoms with van der Waals surface area (Å²) in [4.78, 5) is 18.9. The minimum Gasteiger partial charge on any atom is -0.463 e. The lowest BCUT2D eigenvalue weighted by Gasteiger charge is -2.40. The van der Waals surface area contributed by atoms with E-state index in [9.17, 15) is 18.8 Å². The Morgan fingerprint density at radius 1 is 1.27 bits per heavy atom. The fourth-order valence-corrected chi connectivity index (χ4v) is 4.56. The SMILES string of the molecule is Cn1ncc(C#N)c1-c1csc(OC2CN(C(=O)N3N=CCC3c3cc(F)cc(F)c3)C2)n1. The van der Waals surface area contributed by atoms with Gasteiger partial charge in [0.15, 0.2) is 0 Å². The Hall–Kier alpha value is -3.85. The molecular formula is C21H17F2N7O2S. The molecular weight excluding hydrogens is 452 g/mol. The molecule has 1 atom stereocenters. The number of ether oxygens (including phenoxy) is 1. The minimum absolute atomic E-state index is 0.244. The highest BCUT2D eigenvalue weighted by Gasteiger charge is 2.39. The van der Waals surface area contributed by atoms with E-state index in [4.69, 9.17) is 4.74 Å². The molecule has 2 aliphatic heterocycles. The number of aryl methyl sites for hydroxylation is 1. The highest BCUT2D eigenvalue weighted by atomic mass is 32.1. The maximum Gasteiger partial charge on any atom is 0.341 e. The Morgan fingerprint density at radius 2 is 2.03 bits per heavy atom. The molecule has 0 saturated carbocycles. The number of nitriles is 1. The summed E-state index contributed by atoms with van der Waals surface area (Å²) in [6.45, 7) is 0.665. The van der Waals surface area contributed by atoms with Crippen LogP contribution in [0.1, 0.15) is 23.6 Å². The molecule has 9 nitrogen and oxygen atoms in total. The molecule has 0 spiro atoms. The van der Waals surface area contributed by atoms with Crippen LogP contribution in [0, 0.1) is 23.0 Å². The molecule has 1 saturated heterocycles. The van der Waals surface area contributed by atoms with Gasteiger partial charge in [-0.25, -0.2) is 23.6 Å². The topological polar surface area (TPSA) is 99.6 Å². The second kappa shape index (κ2) is 8.25. The summed E-state index contributed by atoms with van der Waals surface area (Å²) in [6, 6.07) is 4.40. The number of aromatic nitrogens is 3. The number of halogens is 2. The predicted molar refractivity (Wildman–Crippen MR) is 114 cm³/mol. The fraction of sp³-hybridized carbons (Fsp3) is 0.286. The first-order chi connectivity index (χ1) is 15.9. The number of amides is 2. The van der Waals surface area contributed by atoms with E-state index < -0.39 is 17.7 Å².